The molecule has 1 aromatic carbocycles. The molecule has 2 amide bonds. The Kier molecular flexibility index (Phi) is 5.29. The zero-order valence-corrected chi connectivity index (χ0v) is 14.5. The van der Waals surface area contributed by atoms with E-state index in [1.807, 2.05) is 24.3 Å². The molecule has 2 rings (SSSR count). The molecule has 0 saturated carbocycles. The molecule has 0 aliphatic carbocycles. The van der Waals surface area contributed by atoms with E-state index in [0.29, 0.717) is 38.3 Å². The molecule has 126 valence electrons. The number of piperazine rings is 1. The van der Waals surface area contributed by atoms with Gasteiger partial charge in [0.15, 0.2) is 0 Å². The molecule has 5 heteroatoms. The number of ether oxygens (including phenoxy) is 1. The topological polar surface area (TPSA) is 49.9 Å². The summed E-state index contributed by atoms with van der Waals surface area (Å²) in [5.74, 6) is 0.0222. The van der Waals surface area contributed by atoms with Crippen molar-refractivity contribution < 1.29 is 14.3 Å². The smallest absolute Gasteiger partial charge is 0.409 e. The van der Waals surface area contributed by atoms with Crippen LogP contribution in [0.2, 0.25) is 0 Å². The van der Waals surface area contributed by atoms with Crippen LogP contribution in [0.15, 0.2) is 24.3 Å². The van der Waals surface area contributed by atoms with Gasteiger partial charge in [-0.1, -0.05) is 32.9 Å². The second kappa shape index (κ2) is 7.02. The summed E-state index contributed by atoms with van der Waals surface area (Å²) >= 11 is 0. The lowest BCUT2D eigenvalue weighted by atomic mass is 9.86. The van der Waals surface area contributed by atoms with Crippen molar-refractivity contribution in [3.8, 4) is 0 Å². The van der Waals surface area contributed by atoms with E-state index in [2.05, 4.69) is 20.8 Å². The molecule has 0 bridgehead atoms. The molecule has 23 heavy (non-hydrogen) atoms. The number of hydrogen-bond acceptors (Lipinski definition) is 3. The summed E-state index contributed by atoms with van der Waals surface area (Å²) < 4.78 is 4.99. The van der Waals surface area contributed by atoms with Crippen LogP contribution in [0.4, 0.5) is 4.79 Å². The van der Waals surface area contributed by atoms with E-state index in [0.717, 1.165) is 0 Å². The van der Waals surface area contributed by atoms with E-state index < -0.39 is 0 Å². The van der Waals surface area contributed by atoms with Crippen LogP contribution >= 0.6 is 0 Å². The summed E-state index contributed by atoms with van der Waals surface area (Å²) in [6.07, 6.45) is -0.297. The first-order chi connectivity index (χ1) is 10.8. The van der Waals surface area contributed by atoms with Gasteiger partial charge >= 0.3 is 6.09 Å². The van der Waals surface area contributed by atoms with Crippen LogP contribution in [0, 0.1) is 0 Å². The van der Waals surface area contributed by atoms with Gasteiger partial charge in [0.2, 0.25) is 0 Å². The summed E-state index contributed by atoms with van der Waals surface area (Å²) in [6, 6.07) is 7.81. The van der Waals surface area contributed by atoms with E-state index in [1.165, 1.54) is 5.56 Å². The predicted molar refractivity (Wildman–Crippen MR) is 89.6 cm³/mol. The van der Waals surface area contributed by atoms with Gasteiger partial charge in [-0.2, -0.15) is 0 Å². The van der Waals surface area contributed by atoms with Gasteiger partial charge in [-0.05, 0) is 30.0 Å². The lowest BCUT2D eigenvalue weighted by Gasteiger charge is -2.34. The molecule has 1 aliphatic heterocycles. The number of carbonyl (C=O) groups is 2. The molecular weight excluding hydrogens is 292 g/mol. The van der Waals surface area contributed by atoms with Crippen LogP contribution in [-0.2, 0) is 10.2 Å². The third-order valence-corrected chi connectivity index (χ3v) is 4.09. The number of amides is 2. The molecule has 5 nitrogen and oxygen atoms in total. The third-order valence-electron chi connectivity index (χ3n) is 4.09. The van der Waals surface area contributed by atoms with Gasteiger partial charge in [0.25, 0.3) is 5.91 Å². The second-order valence-corrected chi connectivity index (χ2v) is 6.81. The Labute approximate surface area is 138 Å². The quantitative estimate of drug-likeness (QED) is 0.842. The zero-order valence-electron chi connectivity index (χ0n) is 14.5. The maximum Gasteiger partial charge on any atom is 0.409 e. The number of nitrogens with zero attached hydrogens (tertiary/aromatic N) is 2. The van der Waals surface area contributed by atoms with Crippen LogP contribution in [0.25, 0.3) is 0 Å². The Morgan fingerprint density at radius 1 is 1.00 bits per heavy atom. The summed E-state index contributed by atoms with van der Waals surface area (Å²) in [6.45, 7) is 10.7. The normalized spacial score (nSPS) is 15.5. The summed E-state index contributed by atoms with van der Waals surface area (Å²) in [4.78, 5) is 27.7. The molecule has 0 N–H and O–H groups in total. The van der Waals surface area contributed by atoms with E-state index in [4.69, 9.17) is 4.74 Å². The van der Waals surface area contributed by atoms with Crippen molar-refractivity contribution in [1.29, 1.82) is 0 Å². The van der Waals surface area contributed by atoms with Gasteiger partial charge in [-0.3, -0.25) is 4.79 Å². The van der Waals surface area contributed by atoms with Crippen LogP contribution < -0.4 is 0 Å². The Morgan fingerprint density at radius 3 is 2.00 bits per heavy atom. The molecule has 0 radical (unpaired) electrons. The average Bonchev–Trinajstić information content (AvgIpc) is 2.54. The highest BCUT2D eigenvalue weighted by atomic mass is 16.6. The molecule has 0 aromatic heterocycles. The van der Waals surface area contributed by atoms with Crippen molar-refractivity contribution >= 4 is 12.0 Å². The van der Waals surface area contributed by atoms with Crippen molar-refractivity contribution in [3.05, 3.63) is 35.4 Å². The van der Waals surface area contributed by atoms with Gasteiger partial charge in [-0.25, -0.2) is 4.79 Å². The first-order valence-electron chi connectivity index (χ1n) is 8.14. The van der Waals surface area contributed by atoms with Crippen molar-refractivity contribution in [1.82, 2.24) is 9.80 Å². The SMILES string of the molecule is CCOC(=O)N1CCN(C(=O)c2ccc(C(C)(C)C)cc2)CC1. The number of hydrogen-bond donors (Lipinski definition) is 0. The fraction of sp³-hybridized carbons (Fsp3) is 0.556. The minimum Gasteiger partial charge on any atom is -0.450 e. The van der Waals surface area contributed by atoms with Gasteiger partial charge in [0.05, 0.1) is 6.61 Å². The molecule has 1 fully saturated rings. The largest absolute Gasteiger partial charge is 0.450 e. The van der Waals surface area contributed by atoms with Gasteiger partial charge in [-0.15, -0.1) is 0 Å². The van der Waals surface area contributed by atoms with Crippen molar-refractivity contribution in [3.63, 3.8) is 0 Å². The van der Waals surface area contributed by atoms with Gasteiger partial charge < -0.3 is 14.5 Å². The molecule has 0 unspecified atom stereocenters. The lowest BCUT2D eigenvalue weighted by Crippen LogP contribution is -2.50. The Balaban J connectivity index is 1.96. The second-order valence-electron chi connectivity index (χ2n) is 6.81. The average molecular weight is 318 g/mol. The minimum absolute atomic E-state index is 0.0222. The first-order valence-corrected chi connectivity index (χ1v) is 8.14. The van der Waals surface area contributed by atoms with E-state index in [9.17, 15) is 9.59 Å². The number of benzene rings is 1. The van der Waals surface area contributed by atoms with Gasteiger partial charge in [0, 0.05) is 31.7 Å². The van der Waals surface area contributed by atoms with Crippen LogP contribution in [0.5, 0.6) is 0 Å². The Hall–Kier alpha value is -2.04. The van der Waals surface area contributed by atoms with E-state index >= 15 is 0 Å². The van der Waals surface area contributed by atoms with E-state index in [-0.39, 0.29) is 17.4 Å². The van der Waals surface area contributed by atoms with Crippen molar-refractivity contribution in [2.24, 2.45) is 0 Å². The monoisotopic (exact) mass is 318 g/mol. The molecular formula is C18H26N2O3. The molecule has 1 saturated heterocycles. The van der Waals surface area contributed by atoms with Crippen molar-refractivity contribution in [2.45, 2.75) is 33.1 Å². The maximum absolute atomic E-state index is 12.6. The highest BCUT2D eigenvalue weighted by molar-refractivity contribution is 5.94. The highest BCUT2D eigenvalue weighted by Gasteiger charge is 2.25. The van der Waals surface area contributed by atoms with E-state index in [1.54, 1.807) is 16.7 Å². The summed E-state index contributed by atoms with van der Waals surface area (Å²) in [5.41, 5.74) is 1.98. The molecule has 0 spiro atoms. The third kappa shape index (κ3) is 4.24. The minimum atomic E-state index is -0.297. The summed E-state index contributed by atoms with van der Waals surface area (Å²) in [7, 11) is 0. The Morgan fingerprint density at radius 2 is 1.52 bits per heavy atom. The standard InChI is InChI=1S/C18H26N2O3/c1-5-23-17(22)20-12-10-19(11-13-20)16(21)14-6-8-15(9-7-14)18(2,3)4/h6-9H,5,10-13H2,1-4H3. The van der Waals surface area contributed by atoms with Gasteiger partial charge in [0.1, 0.15) is 0 Å². The predicted octanol–water partition coefficient (Wildman–Crippen LogP) is 2.90. The highest BCUT2D eigenvalue weighted by Crippen LogP contribution is 2.22. The van der Waals surface area contributed by atoms with Crippen LogP contribution in [0.1, 0.15) is 43.6 Å². The van der Waals surface area contributed by atoms with Crippen molar-refractivity contribution in [2.75, 3.05) is 32.8 Å². The molecule has 0 atom stereocenters. The zero-order chi connectivity index (χ0) is 17.0. The molecule has 1 heterocycles. The number of rotatable bonds is 2. The first kappa shape index (κ1) is 17.3. The van der Waals surface area contributed by atoms with Crippen LogP contribution in [0.3, 0.4) is 0 Å². The van der Waals surface area contributed by atoms with Crippen LogP contribution in [-0.4, -0.2) is 54.6 Å². The Bertz CT molecular complexity index is 553. The molecule has 1 aliphatic rings. The fourth-order valence-corrected chi connectivity index (χ4v) is 2.60. The summed E-state index contributed by atoms with van der Waals surface area (Å²) in [5, 5.41) is 0. The lowest BCUT2D eigenvalue weighted by molar-refractivity contribution is 0.0570. The maximum atomic E-state index is 12.6. The fourth-order valence-electron chi connectivity index (χ4n) is 2.60. The number of carbonyl (C=O) groups excluding carboxylic acids is 2. The molecule has 1 aromatic rings.